The Hall–Kier alpha value is -2.03. The Morgan fingerprint density at radius 2 is 1.92 bits per heavy atom. The second-order valence-corrected chi connectivity index (χ2v) is 5.82. The molecule has 0 aliphatic carbocycles. The molecule has 1 atom stereocenters. The van der Waals surface area contributed by atoms with E-state index < -0.39 is 29.5 Å². The van der Waals surface area contributed by atoms with Crippen LogP contribution in [-0.4, -0.2) is 49.8 Å². The number of hydrogen-bond donors (Lipinski definition) is 0. The molecule has 1 heterocycles. The summed E-state index contributed by atoms with van der Waals surface area (Å²) < 4.78 is 54.7. The van der Waals surface area contributed by atoms with Gasteiger partial charge in [-0.1, -0.05) is 12.2 Å². The number of ether oxygens (including phenoxy) is 3. The van der Waals surface area contributed by atoms with Crippen LogP contribution in [0.4, 0.5) is 13.2 Å². The number of esters is 1. The quantitative estimate of drug-likeness (QED) is 0.594. The molecule has 0 saturated carbocycles. The topological polar surface area (TPSA) is 48.0 Å². The number of carbonyl (C=O) groups excluding carboxylic acids is 1. The summed E-state index contributed by atoms with van der Waals surface area (Å²) >= 11 is 5.35. The smallest absolute Gasteiger partial charge is 0.420 e. The van der Waals surface area contributed by atoms with Crippen LogP contribution in [-0.2, 0) is 15.7 Å². The highest BCUT2D eigenvalue weighted by atomic mass is 32.1. The number of carbonyl (C=O) groups is 1. The second-order valence-electron chi connectivity index (χ2n) is 5.44. The van der Waals surface area contributed by atoms with Crippen LogP contribution in [0.2, 0.25) is 0 Å². The maximum absolute atomic E-state index is 13.4. The van der Waals surface area contributed by atoms with Gasteiger partial charge in [0.25, 0.3) is 0 Å². The molecule has 2 rings (SSSR count). The molecule has 1 aliphatic heterocycles. The summed E-state index contributed by atoms with van der Waals surface area (Å²) in [6.45, 7) is 0.467. The van der Waals surface area contributed by atoms with E-state index in [1.165, 1.54) is 20.3 Å². The van der Waals surface area contributed by atoms with Crippen LogP contribution >= 0.6 is 12.2 Å². The van der Waals surface area contributed by atoms with Gasteiger partial charge < -0.3 is 19.1 Å². The minimum atomic E-state index is -4.64. The van der Waals surface area contributed by atoms with E-state index >= 15 is 0 Å². The minimum absolute atomic E-state index is 0.0801. The van der Waals surface area contributed by atoms with Crippen molar-refractivity contribution in [2.45, 2.75) is 25.1 Å². The molecule has 5 nitrogen and oxygen atoms in total. The van der Waals surface area contributed by atoms with Crippen molar-refractivity contribution in [3.8, 4) is 11.5 Å². The molecule has 0 amide bonds. The number of rotatable bonds is 4. The van der Waals surface area contributed by atoms with Gasteiger partial charge in [0.1, 0.15) is 16.6 Å². The number of benzene rings is 1. The summed E-state index contributed by atoms with van der Waals surface area (Å²) in [5.41, 5.74) is -0.851. The minimum Gasteiger partial charge on any atom is -0.493 e. The van der Waals surface area contributed by atoms with Crippen LogP contribution in [0, 0.1) is 0 Å². The number of hydrogen-bond acceptors (Lipinski definition) is 5. The van der Waals surface area contributed by atoms with E-state index in [1.807, 2.05) is 0 Å². The van der Waals surface area contributed by atoms with E-state index in [1.54, 1.807) is 4.90 Å². The molecule has 0 bridgehead atoms. The monoisotopic (exact) mass is 377 g/mol. The molecule has 25 heavy (non-hydrogen) atoms. The van der Waals surface area contributed by atoms with E-state index in [0.29, 0.717) is 19.4 Å². The van der Waals surface area contributed by atoms with Crippen molar-refractivity contribution in [3.63, 3.8) is 0 Å². The van der Waals surface area contributed by atoms with E-state index in [0.717, 1.165) is 13.2 Å². The highest BCUT2D eigenvalue weighted by Gasteiger charge is 2.38. The van der Waals surface area contributed by atoms with E-state index in [2.05, 4.69) is 0 Å². The van der Waals surface area contributed by atoms with Gasteiger partial charge in [-0.2, -0.15) is 13.2 Å². The van der Waals surface area contributed by atoms with Gasteiger partial charge in [0.05, 0.1) is 21.3 Å². The fourth-order valence-corrected chi connectivity index (χ4v) is 3.19. The fourth-order valence-electron chi connectivity index (χ4n) is 2.86. The standard InChI is InChI=1S/C16H18F3NO4S/c1-22-12-8-9(7-10(13(12)23-2)16(17,18)19)14(25)20-6-4-5-11(20)15(21)24-3/h7-8,11H,4-6H2,1-3H3. The Morgan fingerprint density at radius 3 is 2.44 bits per heavy atom. The van der Waals surface area contributed by atoms with Gasteiger partial charge in [0.15, 0.2) is 11.5 Å². The largest absolute Gasteiger partial charge is 0.493 e. The highest BCUT2D eigenvalue weighted by Crippen LogP contribution is 2.43. The van der Waals surface area contributed by atoms with Gasteiger partial charge in [-0.25, -0.2) is 4.79 Å². The Kier molecular flexibility index (Phi) is 5.76. The van der Waals surface area contributed by atoms with Crippen molar-refractivity contribution < 1.29 is 32.2 Å². The Morgan fingerprint density at radius 1 is 1.24 bits per heavy atom. The Balaban J connectivity index is 2.48. The molecule has 138 valence electrons. The van der Waals surface area contributed by atoms with Gasteiger partial charge in [-0.15, -0.1) is 0 Å². The molecule has 0 radical (unpaired) electrons. The molecule has 1 saturated heterocycles. The number of nitrogens with zero attached hydrogens (tertiary/aromatic N) is 1. The first-order valence-corrected chi connectivity index (χ1v) is 7.87. The van der Waals surface area contributed by atoms with Crippen molar-refractivity contribution >= 4 is 23.2 Å². The van der Waals surface area contributed by atoms with Gasteiger partial charge >= 0.3 is 12.1 Å². The lowest BCUT2D eigenvalue weighted by molar-refractivity contribution is -0.144. The van der Waals surface area contributed by atoms with Crippen LogP contribution < -0.4 is 9.47 Å². The normalized spacial score (nSPS) is 17.4. The lowest BCUT2D eigenvalue weighted by atomic mass is 10.1. The average Bonchev–Trinajstić information content (AvgIpc) is 3.07. The molecular weight excluding hydrogens is 359 g/mol. The molecular formula is C16H18F3NO4S. The first-order chi connectivity index (χ1) is 11.7. The van der Waals surface area contributed by atoms with Crippen LogP contribution in [0.15, 0.2) is 12.1 Å². The van der Waals surface area contributed by atoms with Gasteiger partial charge in [0, 0.05) is 12.1 Å². The van der Waals surface area contributed by atoms with Crippen molar-refractivity contribution in [1.82, 2.24) is 4.90 Å². The lowest BCUT2D eigenvalue weighted by Crippen LogP contribution is -2.40. The average molecular weight is 377 g/mol. The van der Waals surface area contributed by atoms with Crippen LogP contribution in [0.1, 0.15) is 24.0 Å². The van der Waals surface area contributed by atoms with Gasteiger partial charge in [0.2, 0.25) is 0 Å². The molecule has 0 N–H and O–H groups in total. The zero-order valence-corrected chi connectivity index (χ0v) is 14.8. The third-order valence-electron chi connectivity index (χ3n) is 4.02. The first kappa shape index (κ1) is 19.3. The zero-order valence-electron chi connectivity index (χ0n) is 14.0. The molecule has 9 heteroatoms. The summed E-state index contributed by atoms with van der Waals surface area (Å²) in [6.07, 6.45) is -3.41. The predicted octanol–water partition coefficient (Wildman–Crippen LogP) is 3.04. The molecule has 1 aliphatic rings. The predicted molar refractivity (Wildman–Crippen MR) is 88.0 cm³/mol. The van der Waals surface area contributed by atoms with Crippen LogP contribution in [0.3, 0.4) is 0 Å². The highest BCUT2D eigenvalue weighted by molar-refractivity contribution is 7.80. The zero-order chi connectivity index (χ0) is 18.8. The van der Waals surface area contributed by atoms with E-state index in [-0.39, 0.29) is 16.3 Å². The van der Waals surface area contributed by atoms with Crippen molar-refractivity contribution in [2.75, 3.05) is 27.9 Å². The third kappa shape index (κ3) is 3.81. The van der Waals surface area contributed by atoms with Gasteiger partial charge in [-0.3, -0.25) is 0 Å². The second kappa shape index (κ2) is 7.47. The summed E-state index contributed by atoms with van der Waals surface area (Å²) in [4.78, 5) is 13.6. The summed E-state index contributed by atoms with van der Waals surface area (Å²) in [6, 6.07) is 1.69. The number of alkyl halides is 3. The van der Waals surface area contributed by atoms with Crippen LogP contribution in [0.5, 0.6) is 11.5 Å². The van der Waals surface area contributed by atoms with E-state index in [9.17, 15) is 18.0 Å². The van der Waals surface area contributed by atoms with Crippen molar-refractivity contribution in [3.05, 3.63) is 23.3 Å². The fraction of sp³-hybridized carbons (Fsp3) is 0.500. The van der Waals surface area contributed by atoms with E-state index in [4.69, 9.17) is 26.4 Å². The number of halogens is 3. The van der Waals surface area contributed by atoms with Crippen molar-refractivity contribution in [2.24, 2.45) is 0 Å². The molecule has 0 spiro atoms. The number of methoxy groups -OCH3 is 3. The summed E-state index contributed by atoms with van der Waals surface area (Å²) in [5, 5.41) is 0. The summed E-state index contributed by atoms with van der Waals surface area (Å²) in [5.74, 6) is -0.952. The Bertz CT molecular complexity index is 678. The maximum atomic E-state index is 13.4. The molecule has 0 aromatic heterocycles. The van der Waals surface area contributed by atoms with Crippen molar-refractivity contribution in [1.29, 1.82) is 0 Å². The SMILES string of the molecule is COC(=O)C1CCCN1C(=S)c1cc(OC)c(OC)c(C(F)(F)F)c1. The van der Waals surface area contributed by atoms with Crippen LogP contribution in [0.25, 0.3) is 0 Å². The summed E-state index contributed by atoms with van der Waals surface area (Å²) in [7, 11) is 3.65. The molecule has 1 fully saturated rings. The maximum Gasteiger partial charge on any atom is 0.420 e. The molecule has 1 aromatic rings. The molecule has 1 unspecified atom stereocenters. The third-order valence-corrected chi connectivity index (χ3v) is 4.49. The molecule has 1 aromatic carbocycles. The number of likely N-dealkylation sites (tertiary alicyclic amines) is 1. The lowest BCUT2D eigenvalue weighted by Gasteiger charge is -2.26. The number of thiocarbonyl (C=S) groups is 1. The first-order valence-electron chi connectivity index (χ1n) is 7.46. The van der Waals surface area contributed by atoms with Gasteiger partial charge in [-0.05, 0) is 25.0 Å². The Labute approximate surface area is 148 Å².